The smallest absolute Gasteiger partial charge is 0.144 e. The molecule has 0 amide bonds. The molecule has 10 heavy (non-hydrogen) atoms. The van der Waals surface area contributed by atoms with Crippen molar-refractivity contribution in [1.29, 1.82) is 0 Å². The third-order valence-corrected chi connectivity index (χ3v) is 1.79. The standard InChI is InChI=1S/C7H7BrFN/c1-5-7(9)3-2-6(4-8)10-5/h2-3H,4H2,1H3. The molecule has 0 aliphatic heterocycles. The van der Waals surface area contributed by atoms with Crippen molar-refractivity contribution in [3.05, 3.63) is 29.3 Å². The normalized spacial score (nSPS) is 9.90. The third-order valence-electron chi connectivity index (χ3n) is 1.22. The highest BCUT2D eigenvalue weighted by Crippen LogP contribution is 2.06. The van der Waals surface area contributed by atoms with Gasteiger partial charge in [-0.1, -0.05) is 15.9 Å². The molecule has 0 fully saturated rings. The molecule has 1 nitrogen and oxygen atoms in total. The Morgan fingerprint density at radius 1 is 1.60 bits per heavy atom. The predicted octanol–water partition coefficient (Wildman–Crippen LogP) is 2.42. The molecule has 0 aromatic carbocycles. The van der Waals surface area contributed by atoms with Crippen LogP contribution in [0.2, 0.25) is 0 Å². The number of pyridine rings is 1. The molecule has 54 valence electrons. The first-order valence-corrected chi connectivity index (χ1v) is 4.04. The maximum atomic E-state index is 12.6. The van der Waals surface area contributed by atoms with Gasteiger partial charge in [0, 0.05) is 5.33 Å². The highest BCUT2D eigenvalue weighted by molar-refractivity contribution is 9.08. The van der Waals surface area contributed by atoms with Gasteiger partial charge in [-0.25, -0.2) is 4.39 Å². The number of rotatable bonds is 1. The Hall–Kier alpha value is -0.440. The van der Waals surface area contributed by atoms with E-state index in [0.29, 0.717) is 11.0 Å². The molecule has 0 aliphatic rings. The molecule has 0 spiro atoms. The van der Waals surface area contributed by atoms with Crippen LogP contribution < -0.4 is 0 Å². The van der Waals surface area contributed by atoms with Gasteiger partial charge in [0.1, 0.15) is 5.82 Å². The summed E-state index contributed by atoms with van der Waals surface area (Å²) in [4.78, 5) is 3.97. The quantitative estimate of drug-likeness (QED) is 0.640. The number of aromatic nitrogens is 1. The van der Waals surface area contributed by atoms with Crippen molar-refractivity contribution in [3.8, 4) is 0 Å². The Labute approximate surface area is 67.4 Å². The average Bonchev–Trinajstić information content (AvgIpc) is 1.95. The maximum Gasteiger partial charge on any atom is 0.144 e. The van der Waals surface area contributed by atoms with E-state index in [4.69, 9.17) is 0 Å². The second-order valence-corrected chi connectivity index (χ2v) is 2.56. The topological polar surface area (TPSA) is 12.9 Å². The SMILES string of the molecule is Cc1nc(CBr)ccc1F. The summed E-state index contributed by atoms with van der Waals surface area (Å²) in [5.41, 5.74) is 1.32. The van der Waals surface area contributed by atoms with Gasteiger partial charge in [-0.05, 0) is 19.1 Å². The highest BCUT2D eigenvalue weighted by atomic mass is 79.9. The lowest BCUT2D eigenvalue weighted by molar-refractivity contribution is 0.608. The molecule has 3 heteroatoms. The van der Waals surface area contributed by atoms with Gasteiger partial charge in [-0.15, -0.1) is 0 Å². The molecule has 0 unspecified atom stereocenters. The number of hydrogen-bond acceptors (Lipinski definition) is 1. The minimum absolute atomic E-state index is 0.246. The zero-order valence-corrected chi connectivity index (χ0v) is 7.15. The molecular weight excluding hydrogens is 197 g/mol. The van der Waals surface area contributed by atoms with Crippen LogP contribution in [-0.4, -0.2) is 4.98 Å². The lowest BCUT2D eigenvalue weighted by Crippen LogP contribution is -1.91. The van der Waals surface area contributed by atoms with Gasteiger partial charge in [0.05, 0.1) is 11.4 Å². The molecule has 1 heterocycles. The molecule has 0 radical (unpaired) electrons. The third kappa shape index (κ3) is 1.53. The average molecular weight is 204 g/mol. The fourth-order valence-electron chi connectivity index (χ4n) is 0.670. The first-order chi connectivity index (χ1) is 4.74. The van der Waals surface area contributed by atoms with Crippen LogP contribution in [-0.2, 0) is 5.33 Å². The van der Waals surface area contributed by atoms with E-state index in [9.17, 15) is 4.39 Å². The second kappa shape index (κ2) is 3.10. The number of alkyl halides is 1. The van der Waals surface area contributed by atoms with Gasteiger partial charge in [0.25, 0.3) is 0 Å². The minimum atomic E-state index is -0.246. The Bertz CT molecular complexity index is 237. The molecule has 0 aliphatic carbocycles. The van der Waals surface area contributed by atoms with Crippen LogP contribution in [0.1, 0.15) is 11.4 Å². The van der Waals surface area contributed by atoms with E-state index in [2.05, 4.69) is 20.9 Å². The van der Waals surface area contributed by atoms with Gasteiger partial charge in [-0.2, -0.15) is 0 Å². The fraction of sp³-hybridized carbons (Fsp3) is 0.286. The Balaban J connectivity index is 3.04. The van der Waals surface area contributed by atoms with E-state index in [1.807, 2.05) is 0 Å². The van der Waals surface area contributed by atoms with E-state index in [1.165, 1.54) is 6.07 Å². The number of aryl methyl sites for hydroxylation is 1. The number of halogens is 2. The fourth-order valence-corrected chi connectivity index (χ4v) is 0.983. The van der Waals surface area contributed by atoms with Crippen LogP contribution in [0.5, 0.6) is 0 Å². The summed E-state index contributed by atoms with van der Waals surface area (Å²) in [5.74, 6) is -0.246. The van der Waals surface area contributed by atoms with Crippen molar-refractivity contribution in [3.63, 3.8) is 0 Å². The van der Waals surface area contributed by atoms with Crippen molar-refractivity contribution in [2.24, 2.45) is 0 Å². The monoisotopic (exact) mass is 203 g/mol. The van der Waals surface area contributed by atoms with E-state index < -0.39 is 0 Å². The minimum Gasteiger partial charge on any atom is -0.254 e. The number of hydrogen-bond donors (Lipinski definition) is 0. The zero-order chi connectivity index (χ0) is 7.56. The molecule has 0 N–H and O–H groups in total. The summed E-state index contributed by atoms with van der Waals surface area (Å²) in [6.07, 6.45) is 0. The van der Waals surface area contributed by atoms with E-state index in [-0.39, 0.29) is 5.82 Å². The predicted molar refractivity (Wildman–Crippen MR) is 41.6 cm³/mol. The van der Waals surface area contributed by atoms with Gasteiger partial charge >= 0.3 is 0 Å². The summed E-state index contributed by atoms with van der Waals surface area (Å²) in [5, 5.41) is 0.675. The van der Waals surface area contributed by atoms with Crippen molar-refractivity contribution >= 4 is 15.9 Å². The van der Waals surface area contributed by atoms with E-state index in [0.717, 1.165) is 5.69 Å². The zero-order valence-electron chi connectivity index (χ0n) is 5.56. The van der Waals surface area contributed by atoms with Gasteiger partial charge in [-0.3, -0.25) is 4.98 Å². The summed E-state index contributed by atoms with van der Waals surface area (Å²) >= 11 is 3.23. The van der Waals surface area contributed by atoms with Gasteiger partial charge < -0.3 is 0 Å². The molecule has 1 aromatic heterocycles. The molecule has 0 saturated heterocycles. The molecule has 0 bridgehead atoms. The Morgan fingerprint density at radius 3 is 2.80 bits per heavy atom. The lowest BCUT2D eigenvalue weighted by Gasteiger charge is -1.96. The van der Waals surface area contributed by atoms with Crippen molar-refractivity contribution < 1.29 is 4.39 Å². The van der Waals surface area contributed by atoms with E-state index in [1.54, 1.807) is 13.0 Å². The van der Waals surface area contributed by atoms with Crippen LogP contribution in [0.25, 0.3) is 0 Å². The molecule has 1 rings (SSSR count). The van der Waals surface area contributed by atoms with Crippen molar-refractivity contribution in [2.45, 2.75) is 12.3 Å². The summed E-state index contributed by atoms with van der Waals surface area (Å²) in [6, 6.07) is 3.09. The van der Waals surface area contributed by atoms with Crippen molar-refractivity contribution in [1.82, 2.24) is 4.98 Å². The van der Waals surface area contributed by atoms with Crippen LogP contribution >= 0.6 is 15.9 Å². The van der Waals surface area contributed by atoms with E-state index >= 15 is 0 Å². The molecule has 0 atom stereocenters. The summed E-state index contributed by atoms with van der Waals surface area (Å²) in [6.45, 7) is 1.65. The second-order valence-electron chi connectivity index (χ2n) is 2.00. The first-order valence-electron chi connectivity index (χ1n) is 2.92. The van der Waals surface area contributed by atoms with Crippen LogP contribution in [0.15, 0.2) is 12.1 Å². The molecule has 1 aromatic rings. The Morgan fingerprint density at radius 2 is 2.30 bits per heavy atom. The summed E-state index contributed by atoms with van der Waals surface area (Å²) in [7, 11) is 0. The van der Waals surface area contributed by atoms with Crippen LogP contribution in [0.4, 0.5) is 4.39 Å². The number of nitrogens with zero attached hydrogens (tertiary/aromatic N) is 1. The lowest BCUT2D eigenvalue weighted by atomic mass is 10.3. The van der Waals surface area contributed by atoms with Crippen molar-refractivity contribution in [2.75, 3.05) is 0 Å². The molecule has 0 saturated carbocycles. The van der Waals surface area contributed by atoms with Crippen LogP contribution in [0.3, 0.4) is 0 Å². The van der Waals surface area contributed by atoms with Gasteiger partial charge in [0.2, 0.25) is 0 Å². The summed E-state index contributed by atoms with van der Waals surface area (Å²) < 4.78 is 12.6. The first kappa shape index (κ1) is 7.66. The highest BCUT2D eigenvalue weighted by Gasteiger charge is 1.97. The van der Waals surface area contributed by atoms with Gasteiger partial charge in [0.15, 0.2) is 0 Å². The molecular formula is C7H7BrFN. The maximum absolute atomic E-state index is 12.6. The largest absolute Gasteiger partial charge is 0.254 e. The van der Waals surface area contributed by atoms with Crippen LogP contribution in [0, 0.1) is 12.7 Å². The Kier molecular flexibility index (Phi) is 2.38.